The fourth-order valence-electron chi connectivity index (χ4n) is 2.54. The molecule has 106 valence electrons. The van der Waals surface area contributed by atoms with Gasteiger partial charge < -0.3 is 0 Å². The predicted molar refractivity (Wildman–Crippen MR) is 82.0 cm³/mol. The van der Waals surface area contributed by atoms with E-state index in [1.54, 1.807) is 29.5 Å². The average molecular weight is 279 g/mol. The summed E-state index contributed by atoms with van der Waals surface area (Å²) < 4.78 is 0. The average Bonchev–Trinajstić information content (AvgIpc) is 3.00. The molecule has 4 heteroatoms. The first-order chi connectivity index (χ1) is 10.3. The minimum atomic E-state index is -0.0903. The van der Waals surface area contributed by atoms with E-state index in [-0.39, 0.29) is 11.8 Å². The first-order valence-corrected chi connectivity index (χ1v) is 7.15. The molecule has 1 unspecified atom stereocenters. The predicted octanol–water partition coefficient (Wildman–Crippen LogP) is 2.97. The van der Waals surface area contributed by atoms with Crippen LogP contribution in [0.3, 0.4) is 0 Å². The molecule has 2 heterocycles. The monoisotopic (exact) mass is 279 g/mol. The van der Waals surface area contributed by atoms with Crippen molar-refractivity contribution in [1.29, 1.82) is 0 Å². The van der Waals surface area contributed by atoms with Crippen molar-refractivity contribution in [2.45, 2.75) is 13.3 Å². The molecule has 1 aliphatic rings. The van der Waals surface area contributed by atoms with Crippen molar-refractivity contribution in [3.63, 3.8) is 0 Å². The van der Waals surface area contributed by atoms with Crippen LogP contribution < -0.4 is 0 Å². The number of hydrogen-bond acceptors (Lipinski definition) is 3. The number of nitrogens with zero attached hydrogens (tertiary/aromatic N) is 3. The highest BCUT2D eigenvalue weighted by Crippen LogP contribution is 2.23. The highest BCUT2D eigenvalue weighted by atomic mass is 16.2. The molecule has 0 saturated carbocycles. The van der Waals surface area contributed by atoms with Crippen molar-refractivity contribution in [2.75, 3.05) is 6.54 Å². The molecular weight excluding hydrogens is 262 g/mol. The molecule has 21 heavy (non-hydrogen) atoms. The lowest BCUT2D eigenvalue weighted by atomic mass is 9.95. The van der Waals surface area contributed by atoms with Gasteiger partial charge in [-0.05, 0) is 24.1 Å². The van der Waals surface area contributed by atoms with Gasteiger partial charge in [0.25, 0.3) is 5.91 Å². The fraction of sp³-hybridized carbons (Fsp3) is 0.235. The minimum Gasteiger partial charge on any atom is -0.267 e. The van der Waals surface area contributed by atoms with Gasteiger partial charge in [0.2, 0.25) is 0 Å². The molecule has 0 bridgehead atoms. The third kappa shape index (κ3) is 2.70. The van der Waals surface area contributed by atoms with E-state index in [2.05, 4.69) is 17.0 Å². The Bertz CT molecular complexity index is 652. The van der Waals surface area contributed by atoms with Gasteiger partial charge in [0.05, 0.1) is 17.8 Å². The lowest BCUT2D eigenvalue weighted by Crippen LogP contribution is -2.26. The molecule has 0 N–H and O–H groups in total. The minimum absolute atomic E-state index is 0.0903. The largest absolute Gasteiger partial charge is 0.275 e. The molecule has 0 fully saturated rings. The van der Waals surface area contributed by atoms with E-state index in [0.717, 1.165) is 17.7 Å². The molecule has 1 aromatic carbocycles. The topological polar surface area (TPSA) is 45.6 Å². The van der Waals surface area contributed by atoms with E-state index in [1.807, 2.05) is 30.3 Å². The number of amides is 1. The van der Waals surface area contributed by atoms with Crippen LogP contribution >= 0.6 is 0 Å². The standard InChI is InChI=1S/C17H17N3O/c1-2-13-12-20(17(21)15-9-6-10-18-11-15)19-16(13)14-7-4-3-5-8-14/h3-11,13H,2,12H2,1H3. The van der Waals surface area contributed by atoms with Gasteiger partial charge in [-0.3, -0.25) is 9.78 Å². The van der Waals surface area contributed by atoms with Crippen LogP contribution in [0, 0.1) is 5.92 Å². The second-order valence-electron chi connectivity index (χ2n) is 5.09. The number of rotatable bonds is 3. The second kappa shape index (κ2) is 5.87. The molecule has 1 aliphatic heterocycles. The second-order valence-corrected chi connectivity index (χ2v) is 5.09. The molecule has 0 radical (unpaired) electrons. The Morgan fingerprint density at radius 2 is 2.05 bits per heavy atom. The lowest BCUT2D eigenvalue weighted by molar-refractivity contribution is 0.0767. The Balaban J connectivity index is 1.89. The van der Waals surface area contributed by atoms with Crippen molar-refractivity contribution in [1.82, 2.24) is 9.99 Å². The summed E-state index contributed by atoms with van der Waals surface area (Å²) in [7, 11) is 0. The molecule has 3 rings (SSSR count). The van der Waals surface area contributed by atoms with Crippen LogP contribution in [-0.4, -0.2) is 28.2 Å². The normalized spacial score (nSPS) is 17.7. The molecule has 4 nitrogen and oxygen atoms in total. The molecule has 0 saturated heterocycles. The van der Waals surface area contributed by atoms with E-state index in [0.29, 0.717) is 12.1 Å². The van der Waals surface area contributed by atoms with Crippen molar-refractivity contribution in [2.24, 2.45) is 11.0 Å². The van der Waals surface area contributed by atoms with Gasteiger partial charge in [-0.25, -0.2) is 5.01 Å². The Morgan fingerprint density at radius 3 is 2.71 bits per heavy atom. The SMILES string of the molecule is CCC1CN(C(=O)c2cccnc2)N=C1c1ccccc1. The lowest BCUT2D eigenvalue weighted by Gasteiger charge is -2.13. The summed E-state index contributed by atoms with van der Waals surface area (Å²) in [6.45, 7) is 2.76. The summed E-state index contributed by atoms with van der Waals surface area (Å²) in [6, 6.07) is 13.6. The van der Waals surface area contributed by atoms with Gasteiger partial charge in [0.1, 0.15) is 0 Å². The summed E-state index contributed by atoms with van der Waals surface area (Å²) in [5.41, 5.74) is 2.66. The number of hydrazone groups is 1. The van der Waals surface area contributed by atoms with Crippen LogP contribution in [0.15, 0.2) is 60.0 Å². The van der Waals surface area contributed by atoms with Crippen LogP contribution in [0.1, 0.15) is 29.3 Å². The van der Waals surface area contributed by atoms with Gasteiger partial charge in [0.15, 0.2) is 0 Å². The summed E-state index contributed by atoms with van der Waals surface area (Å²) in [6.07, 6.45) is 4.21. The van der Waals surface area contributed by atoms with E-state index < -0.39 is 0 Å². The number of benzene rings is 1. The van der Waals surface area contributed by atoms with Gasteiger partial charge >= 0.3 is 0 Å². The molecule has 1 amide bonds. The molecule has 1 atom stereocenters. The Kier molecular flexibility index (Phi) is 3.77. The number of aromatic nitrogens is 1. The zero-order valence-corrected chi connectivity index (χ0v) is 11.9. The molecular formula is C17H17N3O. The Morgan fingerprint density at radius 1 is 1.24 bits per heavy atom. The van der Waals surface area contributed by atoms with Crippen LogP contribution in [0.25, 0.3) is 0 Å². The molecule has 1 aromatic heterocycles. The molecule has 0 aliphatic carbocycles. The summed E-state index contributed by atoms with van der Waals surface area (Å²) in [4.78, 5) is 16.5. The molecule has 0 spiro atoms. The van der Waals surface area contributed by atoms with Gasteiger partial charge in [-0.1, -0.05) is 37.3 Å². The quantitative estimate of drug-likeness (QED) is 0.867. The van der Waals surface area contributed by atoms with Crippen LogP contribution in [0.4, 0.5) is 0 Å². The van der Waals surface area contributed by atoms with E-state index in [1.165, 1.54) is 0 Å². The third-order valence-electron chi connectivity index (χ3n) is 3.71. The number of hydrogen-bond donors (Lipinski definition) is 0. The Labute approximate surface area is 124 Å². The number of carbonyl (C=O) groups excluding carboxylic acids is 1. The van der Waals surface area contributed by atoms with Gasteiger partial charge in [-0.2, -0.15) is 5.10 Å². The number of pyridine rings is 1. The van der Waals surface area contributed by atoms with Gasteiger partial charge in [-0.15, -0.1) is 0 Å². The van der Waals surface area contributed by atoms with Gasteiger partial charge in [0, 0.05) is 18.3 Å². The first-order valence-electron chi connectivity index (χ1n) is 7.15. The van der Waals surface area contributed by atoms with E-state index in [9.17, 15) is 4.79 Å². The highest BCUT2D eigenvalue weighted by molar-refractivity contribution is 6.05. The number of carbonyl (C=O) groups is 1. The maximum atomic E-state index is 12.5. The summed E-state index contributed by atoms with van der Waals surface area (Å²) in [5, 5.41) is 6.12. The highest BCUT2D eigenvalue weighted by Gasteiger charge is 2.30. The van der Waals surface area contributed by atoms with Crippen molar-refractivity contribution < 1.29 is 4.79 Å². The van der Waals surface area contributed by atoms with Crippen molar-refractivity contribution >= 4 is 11.6 Å². The third-order valence-corrected chi connectivity index (χ3v) is 3.71. The maximum Gasteiger partial charge on any atom is 0.275 e. The van der Waals surface area contributed by atoms with E-state index in [4.69, 9.17) is 0 Å². The van der Waals surface area contributed by atoms with Crippen molar-refractivity contribution in [3.05, 3.63) is 66.0 Å². The van der Waals surface area contributed by atoms with Crippen molar-refractivity contribution in [3.8, 4) is 0 Å². The van der Waals surface area contributed by atoms with Crippen LogP contribution in [0.2, 0.25) is 0 Å². The summed E-state index contributed by atoms with van der Waals surface area (Å²) >= 11 is 0. The fourth-order valence-corrected chi connectivity index (χ4v) is 2.54. The summed E-state index contributed by atoms with van der Waals surface area (Å²) in [5.74, 6) is 0.195. The molecule has 2 aromatic rings. The maximum absolute atomic E-state index is 12.5. The smallest absolute Gasteiger partial charge is 0.267 e. The van der Waals surface area contributed by atoms with Crippen LogP contribution in [-0.2, 0) is 0 Å². The zero-order valence-electron chi connectivity index (χ0n) is 11.9. The van der Waals surface area contributed by atoms with Crippen LogP contribution in [0.5, 0.6) is 0 Å². The van der Waals surface area contributed by atoms with E-state index >= 15 is 0 Å². The zero-order chi connectivity index (χ0) is 14.7. The Hall–Kier alpha value is -2.49. The first kappa shape index (κ1) is 13.5.